The molecule has 3 nitrogen and oxygen atoms in total. The second-order valence-corrected chi connectivity index (χ2v) is 4.81. The molecule has 0 saturated heterocycles. The van der Waals surface area contributed by atoms with Crippen LogP contribution in [-0.2, 0) is 9.53 Å². The molecule has 0 unspecified atom stereocenters. The first-order valence-corrected chi connectivity index (χ1v) is 6.69. The number of hydrogen-bond donors (Lipinski definition) is 0. The lowest BCUT2D eigenvalue weighted by Gasteiger charge is -2.15. The molecule has 3 heteroatoms. The summed E-state index contributed by atoms with van der Waals surface area (Å²) in [6.45, 7) is 2.24. The van der Waals surface area contributed by atoms with Crippen molar-refractivity contribution >= 4 is 11.7 Å². The van der Waals surface area contributed by atoms with Crippen molar-refractivity contribution in [3.8, 4) is 0 Å². The molecule has 1 fully saturated rings. The van der Waals surface area contributed by atoms with Gasteiger partial charge in [0.05, 0.1) is 17.9 Å². The Labute approximate surface area is 107 Å². The summed E-state index contributed by atoms with van der Waals surface area (Å²) in [4.78, 5) is 16.6. The molecule has 0 spiro atoms. The van der Waals surface area contributed by atoms with Crippen molar-refractivity contribution < 1.29 is 9.53 Å². The minimum atomic E-state index is -0.246. The van der Waals surface area contributed by atoms with E-state index < -0.39 is 0 Å². The SMILES string of the molecule is CCOC(=O)C1=C2N=C3CCCCC3=C2CC=C1. The van der Waals surface area contributed by atoms with Crippen LogP contribution in [0.4, 0.5) is 0 Å². The van der Waals surface area contributed by atoms with Crippen LogP contribution in [0.1, 0.15) is 39.0 Å². The van der Waals surface area contributed by atoms with Crippen molar-refractivity contribution in [1.29, 1.82) is 0 Å². The number of ether oxygens (including phenoxy) is 1. The predicted octanol–water partition coefficient (Wildman–Crippen LogP) is 3.09. The topological polar surface area (TPSA) is 38.7 Å². The van der Waals surface area contributed by atoms with Crippen LogP contribution in [0.25, 0.3) is 0 Å². The summed E-state index contributed by atoms with van der Waals surface area (Å²) in [5.41, 5.74) is 5.37. The fraction of sp³-hybridized carbons (Fsp3) is 0.467. The van der Waals surface area contributed by atoms with Gasteiger partial charge < -0.3 is 4.74 Å². The smallest absolute Gasteiger partial charge is 0.340 e. The Morgan fingerprint density at radius 2 is 2.17 bits per heavy atom. The Bertz CT molecular complexity index is 521. The molecule has 1 saturated carbocycles. The standard InChI is InChI=1S/C15H17NO2/c1-2-18-15(17)12-8-5-7-11-10-6-3-4-9-13(10)16-14(11)12/h5,8H,2-4,6-7,9H2,1H3. The highest BCUT2D eigenvalue weighted by Crippen LogP contribution is 2.39. The Balaban J connectivity index is 2.04. The second-order valence-electron chi connectivity index (χ2n) is 4.81. The lowest BCUT2D eigenvalue weighted by molar-refractivity contribution is -0.138. The van der Waals surface area contributed by atoms with Crippen molar-refractivity contribution in [3.05, 3.63) is 34.6 Å². The summed E-state index contributed by atoms with van der Waals surface area (Å²) in [7, 11) is 0. The van der Waals surface area contributed by atoms with Crippen LogP contribution in [0.2, 0.25) is 0 Å². The lowest BCUT2D eigenvalue weighted by atomic mass is 9.87. The minimum Gasteiger partial charge on any atom is -0.462 e. The van der Waals surface area contributed by atoms with Gasteiger partial charge in [-0.25, -0.2) is 4.79 Å². The van der Waals surface area contributed by atoms with E-state index in [-0.39, 0.29) is 5.97 Å². The van der Waals surface area contributed by atoms with Crippen LogP contribution in [0.15, 0.2) is 39.6 Å². The molecule has 2 aliphatic carbocycles. The average Bonchev–Trinajstić information content (AvgIpc) is 2.77. The van der Waals surface area contributed by atoms with Crippen LogP contribution < -0.4 is 0 Å². The maximum atomic E-state index is 11.9. The number of allylic oxidation sites excluding steroid dienone is 3. The Hall–Kier alpha value is -1.64. The van der Waals surface area contributed by atoms with Crippen molar-refractivity contribution in [2.75, 3.05) is 6.61 Å². The third kappa shape index (κ3) is 1.74. The molecule has 1 aliphatic heterocycles. The zero-order chi connectivity index (χ0) is 12.5. The Morgan fingerprint density at radius 1 is 1.33 bits per heavy atom. The highest BCUT2D eigenvalue weighted by Gasteiger charge is 2.30. The zero-order valence-electron chi connectivity index (χ0n) is 10.7. The molecule has 18 heavy (non-hydrogen) atoms. The normalized spacial score (nSPS) is 21.7. The zero-order valence-corrected chi connectivity index (χ0v) is 10.7. The number of carbonyl (C=O) groups excluding carboxylic acids is 1. The summed E-state index contributed by atoms with van der Waals surface area (Å²) in [6, 6.07) is 0. The average molecular weight is 243 g/mol. The molecule has 94 valence electrons. The van der Waals surface area contributed by atoms with Crippen LogP contribution >= 0.6 is 0 Å². The molecule has 3 rings (SSSR count). The van der Waals surface area contributed by atoms with Gasteiger partial charge >= 0.3 is 5.97 Å². The number of rotatable bonds is 2. The van der Waals surface area contributed by atoms with Gasteiger partial charge in [-0.3, -0.25) is 4.99 Å². The largest absolute Gasteiger partial charge is 0.462 e. The fourth-order valence-electron chi connectivity index (χ4n) is 2.87. The van der Waals surface area contributed by atoms with Gasteiger partial charge in [-0.2, -0.15) is 0 Å². The Kier molecular flexibility index (Phi) is 2.90. The van der Waals surface area contributed by atoms with Gasteiger partial charge in [-0.15, -0.1) is 0 Å². The van der Waals surface area contributed by atoms with E-state index in [9.17, 15) is 4.79 Å². The van der Waals surface area contributed by atoms with Crippen LogP contribution in [0, 0.1) is 0 Å². The molecule has 0 aromatic rings. The van der Waals surface area contributed by atoms with E-state index in [0.29, 0.717) is 12.2 Å². The third-order valence-electron chi connectivity index (χ3n) is 3.69. The maximum Gasteiger partial charge on any atom is 0.340 e. The van der Waals surface area contributed by atoms with Crippen LogP contribution in [-0.4, -0.2) is 18.3 Å². The first-order valence-electron chi connectivity index (χ1n) is 6.69. The molecule has 1 heterocycles. The van der Waals surface area contributed by atoms with Crippen molar-refractivity contribution in [1.82, 2.24) is 0 Å². The third-order valence-corrected chi connectivity index (χ3v) is 3.69. The van der Waals surface area contributed by atoms with E-state index in [4.69, 9.17) is 4.74 Å². The second kappa shape index (κ2) is 4.56. The highest BCUT2D eigenvalue weighted by atomic mass is 16.5. The molecule has 0 amide bonds. The van der Waals surface area contributed by atoms with Gasteiger partial charge in [-0.05, 0) is 56.3 Å². The van der Waals surface area contributed by atoms with Gasteiger partial charge in [0.15, 0.2) is 0 Å². The van der Waals surface area contributed by atoms with Crippen LogP contribution in [0.3, 0.4) is 0 Å². The first kappa shape index (κ1) is 11.5. The van der Waals surface area contributed by atoms with E-state index in [0.717, 1.165) is 25.0 Å². The molecule has 0 aromatic carbocycles. The van der Waals surface area contributed by atoms with Gasteiger partial charge in [0.25, 0.3) is 0 Å². The monoisotopic (exact) mass is 243 g/mol. The summed E-state index contributed by atoms with van der Waals surface area (Å²) in [5, 5.41) is 0. The van der Waals surface area contributed by atoms with Gasteiger partial charge in [0.2, 0.25) is 0 Å². The number of nitrogens with zero attached hydrogens (tertiary/aromatic N) is 1. The van der Waals surface area contributed by atoms with E-state index in [2.05, 4.69) is 4.99 Å². The molecule has 0 radical (unpaired) electrons. The number of esters is 1. The predicted molar refractivity (Wildman–Crippen MR) is 70.3 cm³/mol. The number of hydrogen-bond acceptors (Lipinski definition) is 3. The lowest BCUT2D eigenvalue weighted by Crippen LogP contribution is -2.10. The van der Waals surface area contributed by atoms with E-state index in [1.165, 1.54) is 29.7 Å². The minimum absolute atomic E-state index is 0.246. The quantitative estimate of drug-likeness (QED) is 0.699. The van der Waals surface area contributed by atoms with E-state index >= 15 is 0 Å². The maximum absolute atomic E-state index is 11.9. The number of carbonyl (C=O) groups is 1. The molecule has 0 N–H and O–H groups in total. The van der Waals surface area contributed by atoms with Gasteiger partial charge in [-0.1, -0.05) is 6.08 Å². The van der Waals surface area contributed by atoms with Crippen molar-refractivity contribution in [2.45, 2.75) is 39.0 Å². The van der Waals surface area contributed by atoms with Crippen LogP contribution in [0.5, 0.6) is 0 Å². The van der Waals surface area contributed by atoms with Gasteiger partial charge in [0.1, 0.15) is 0 Å². The summed E-state index contributed by atoms with van der Waals surface area (Å²) in [6.07, 6.45) is 9.43. The Morgan fingerprint density at radius 3 is 3.00 bits per heavy atom. The first-order chi connectivity index (χ1) is 8.81. The highest BCUT2D eigenvalue weighted by molar-refractivity contribution is 6.07. The molecule has 0 atom stereocenters. The molecule has 0 bridgehead atoms. The summed E-state index contributed by atoms with van der Waals surface area (Å²) < 4.78 is 5.10. The molecule has 0 aromatic heterocycles. The summed E-state index contributed by atoms with van der Waals surface area (Å²) >= 11 is 0. The molecule has 3 aliphatic rings. The van der Waals surface area contributed by atoms with Crippen molar-refractivity contribution in [2.24, 2.45) is 4.99 Å². The number of fused-ring (bicyclic) bond motifs is 2. The van der Waals surface area contributed by atoms with E-state index in [1.807, 2.05) is 19.1 Å². The number of aliphatic imine (C=N–C) groups is 1. The fourth-order valence-corrected chi connectivity index (χ4v) is 2.87. The van der Waals surface area contributed by atoms with Gasteiger partial charge in [0, 0.05) is 5.71 Å². The molecular weight excluding hydrogens is 226 g/mol. The molecular formula is C15H17NO2. The summed E-state index contributed by atoms with van der Waals surface area (Å²) in [5.74, 6) is -0.246. The van der Waals surface area contributed by atoms with E-state index in [1.54, 1.807) is 0 Å². The van der Waals surface area contributed by atoms with Crippen molar-refractivity contribution in [3.63, 3.8) is 0 Å².